The molecule has 0 saturated heterocycles. The molecule has 1 aliphatic rings. The average Bonchev–Trinajstić information content (AvgIpc) is 2.83. The maximum absolute atomic E-state index is 12.0. The summed E-state index contributed by atoms with van der Waals surface area (Å²) in [5, 5.41) is 0. The zero-order chi connectivity index (χ0) is 15.7. The number of carbonyl (C=O) groups is 1. The average molecular weight is 533 g/mol. The highest BCUT2D eigenvalue weighted by atomic mass is 127. The Balaban J connectivity index is 1.96. The lowest BCUT2D eigenvalue weighted by Gasteiger charge is -2.01. The predicted octanol–water partition coefficient (Wildman–Crippen LogP) is 5.16. The molecule has 0 fully saturated rings. The van der Waals surface area contributed by atoms with Crippen molar-refractivity contribution >= 4 is 72.4 Å². The lowest BCUT2D eigenvalue weighted by atomic mass is 10.2. The molecule has 22 heavy (non-hydrogen) atoms. The van der Waals surface area contributed by atoms with Gasteiger partial charge in [-0.05, 0) is 80.5 Å². The Kier molecular flexibility index (Phi) is 4.79. The summed E-state index contributed by atoms with van der Waals surface area (Å²) in [6, 6.07) is 13.3. The van der Waals surface area contributed by atoms with Gasteiger partial charge < -0.3 is 4.74 Å². The highest BCUT2D eigenvalue weighted by Crippen LogP contribution is 2.24. The summed E-state index contributed by atoms with van der Waals surface area (Å²) in [5.41, 5.74) is 1.94. The molecule has 2 aromatic rings. The smallest absolute Gasteiger partial charge is 0.363 e. The van der Waals surface area contributed by atoms with E-state index in [9.17, 15) is 4.79 Å². The second-order valence-corrected chi connectivity index (χ2v) is 7.45. The lowest BCUT2D eigenvalue weighted by Crippen LogP contribution is -2.05. The maximum atomic E-state index is 12.0. The molecule has 0 spiro atoms. The first-order valence-electron chi connectivity index (χ1n) is 6.26. The van der Waals surface area contributed by atoms with E-state index in [2.05, 4.69) is 59.4 Å². The van der Waals surface area contributed by atoms with E-state index in [-0.39, 0.29) is 0 Å². The van der Waals surface area contributed by atoms with Crippen LogP contribution in [0.15, 0.2) is 62.1 Å². The number of ether oxygens (including phenoxy) is 1. The largest absolute Gasteiger partial charge is 0.402 e. The van der Waals surface area contributed by atoms with E-state index in [4.69, 9.17) is 4.74 Å². The number of rotatable bonds is 2. The number of halogens is 3. The van der Waals surface area contributed by atoms with Gasteiger partial charge in [0.15, 0.2) is 5.70 Å². The summed E-state index contributed by atoms with van der Waals surface area (Å²) < 4.78 is 8.23. The van der Waals surface area contributed by atoms with E-state index in [0.717, 1.165) is 23.6 Å². The molecule has 0 unspecified atom stereocenters. The van der Waals surface area contributed by atoms with Gasteiger partial charge in [0.05, 0.1) is 0 Å². The molecule has 1 heterocycles. The molecule has 0 aliphatic carbocycles. The number of cyclic esters (lactones) is 1. The zero-order valence-electron chi connectivity index (χ0n) is 11.0. The minimum atomic E-state index is -0.440. The third-order valence-corrected chi connectivity index (χ3v) is 5.77. The van der Waals surface area contributed by atoms with Crippen LogP contribution >= 0.6 is 54.5 Å². The van der Waals surface area contributed by atoms with Crippen LogP contribution in [-0.2, 0) is 9.53 Å². The number of hydrogen-bond donors (Lipinski definition) is 0. The van der Waals surface area contributed by atoms with Gasteiger partial charge in [-0.1, -0.05) is 28.1 Å². The van der Waals surface area contributed by atoms with Crippen LogP contribution in [-0.4, -0.2) is 11.9 Å². The zero-order valence-corrected chi connectivity index (χ0v) is 16.3. The minimum absolute atomic E-state index is 0.294. The van der Waals surface area contributed by atoms with E-state index in [1.54, 1.807) is 6.08 Å². The van der Waals surface area contributed by atoms with Gasteiger partial charge in [0.2, 0.25) is 5.90 Å². The first-order valence-corrected chi connectivity index (χ1v) is 8.93. The number of benzene rings is 2. The van der Waals surface area contributed by atoms with Crippen LogP contribution in [0, 0.1) is 3.57 Å². The van der Waals surface area contributed by atoms with Gasteiger partial charge in [-0.3, -0.25) is 0 Å². The Bertz CT molecular complexity index is 831. The maximum Gasteiger partial charge on any atom is 0.363 e. The van der Waals surface area contributed by atoms with Crippen LogP contribution in [0.1, 0.15) is 11.1 Å². The van der Waals surface area contributed by atoms with Crippen LogP contribution in [0.5, 0.6) is 0 Å². The summed E-state index contributed by atoms with van der Waals surface area (Å²) in [5.74, 6) is -0.118. The standard InChI is InChI=1S/C16H8Br2INO2/c17-11-3-1-2-9(6-11)7-14-16(21)22-15(20-14)10-4-5-13(19)12(18)8-10/h1-8H/b14-7-. The van der Waals surface area contributed by atoms with Gasteiger partial charge in [-0.2, -0.15) is 0 Å². The molecule has 1 aliphatic heterocycles. The number of aliphatic imine (C=N–C) groups is 1. The molecule has 0 aromatic heterocycles. The Morgan fingerprint density at radius 1 is 1.14 bits per heavy atom. The monoisotopic (exact) mass is 531 g/mol. The van der Waals surface area contributed by atoms with Gasteiger partial charge in [0, 0.05) is 18.1 Å². The van der Waals surface area contributed by atoms with Crippen LogP contribution < -0.4 is 0 Å². The second kappa shape index (κ2) is 6.64. The molecular formula is C16H8Br2INO2. The number of carbonyl (C=O) groups excluding carboxylic acids is 1. The van der Waals surface area contributed by atoms with Crippen LogP contribution in [0.2, 0.25) is 0 Å². The molecule has 0 bridgehead atoms. The van der Waals surface area contributed by atoms with Crippen LogP contribution in [0.3, 0.4) is 0 Å². The Morgan fingerprint density at radius 3 is 2.68 bits per heavy atom. The third-order valence-electron chi connectivity index (χ3n) is 2.94. The summed E-state index contributed by atoms with van der Waals surface area (Å²) >= 11 is 9.09. The van der Waals surface area contributed by atoms with Crippen molar-refractivity contribution in [2.75, 3.05) is 0 Å². The van der Waals surface area contributed by atoms with Gasteiger partial charge in [-0.25, -0.2) is 9.79 Å². The molecule has 0 N–H and O–H groups in total. The molecule has 110 valence electrons. The quantitative estimate of drug-likeness (QED) is 0.304. The number of esters is 1. The highest BCUT2D eigenvalue weighted by Gasteiger charge is 2.24. The summed E-state index contributed by atoms with van der Waals surface area (Å²) in [4.78, 5) is 16.3. The molecular weight excluding hydrogens is 525 g/mol. The highest BCUT2D eigenvalue weighted by molar-refractivity contribution is 14.1. The van der Waals surface area contributed by atoms with Gasteiger partial charge in [-0.15, -0.1) is 0 Å². The van der Waals surface area contributed by atoms with Crippen molar-refractivity contribution in [3.8, 4) is 0 Å². The Hall–Kier alpha value is -0.990. The Labute approximate surface area is 157 Å². The topological polar surface area (TPSA) is 38.7 Å². The van der Waals surface area contributed by atoms with Crippen molar-refractivity contribution in [2.45, 2.75) is 0 Å². The van der Waals surface area contributed by atoms with Gasteiger partial charge in [0.1, 0.15) is 0 Å². The van der Waals surface area contributed by atoms with E-state index in [1.165, 1.54) is 0 Å². The molecule has 0 atom stereocenters. The van der Waals surface area contributed by atoms with Crippen molar-refractivity contribution in [3.05, 3.63) is 71.8 Å². The van der Waals surface area contributed by atoms with E-state index < -0.39 is 5.97 Å². The van der Waals surface area contributed by atoms with Crippen molar-refractivity contribution in [1.82, 2.24) is 0 Å². The van der Waals surface area contributed by atoms with Gasteiger partial charge >= 0.3 is 5.97 Å². The fourth-order valence-corrected chi connectivity index (χ4v) is 3.05. The first-order chi connectivity index (χ1) is 10.5. The lowest BCUT2D eigenvalue weighted by molar-refractivity contribution is -0.129. The molecule has 3 nitrogen and oxygen atoms in total. The minimum Gasteiger partial charge on any atom is -0.402 e. The van der Waals surface area contributed by atoms with Crippen molar-refractivity contribution in [3.63, 3.8) is 0 Å². The predicted molar refractivity (Wildman–Crippen MR) is 102 cm³/mol. The second-order valence-electron chi connectivity index (χ2n) is 4.52. The van der Waals surface area contributed by atoms with Crippen molar-refractivity contribution in [1.29, 1.82) is 0 Å². The first kappa shape index (κ1) is 15.9. The summed E-state index contributed by atoms with van der Waals surface area (Å²) in [7, 11) is 0. The molecule has 2 aromatic carbocycles. The molecule has 6 heteroatoms. The van der Waals surface area contributed by atoms with Crippen molar-refractivity contribution < 1.29 is 9.53 Å². The Morgan fingerprint density at radius 2 is 1.95 bits per heavy atom. The fraction of sp³-hybridized carbons (Fsp3) is 0. The molecule has 0 radical (unpaired) electrons. The van der Waals surface area contributed by atoms with E-state index in [0.29, 0.717) is 11.6 Å². The van der Waals surface area contributed by atoms with Crippen molar-refractivity contribution in [2.24, 2.45) is 4.99 Å². The number of hydrogen-bond acceptors (Lipinski definition) is 3. The number of nitrogens with zero attached hydrogens (tertiary/aromatic N) is 1. The summed E-state index contributed by atoms with van der Waals surface area (Å²) in [6.07, 6.45) is 1.71. The molecule has 0 saturated carbocycles. The SMILES string of the molecule is O=C1OC(c2ccc(I)c(Br)c2)=N/C1=C\c1cccc(Br)c1. The summed E-state index contributed by atoms with van der Waals surface area (Å²) in [6.45, 7) is 0. The molecule has 0 amide bonds. The van der Waals surface area contributed by atoms with E-state index >= 15 is 0 Å². The molecule has 3 rings (SSSR count). The third kappa shape index (κ3) is 3.49. The fourth-order valence-electron chi connectivity index (χ4n) is 1.92. The van der Waals surface area contributed by atoms with Crippen LogP contribution in [0.25, 0.3) is 6.08 Å². The van der Waals surface area contributed by atoms with E-state index in [1.807, 2.05) is 42.5 Å². The van der Waals surface area contributed by atoms with Gasteiger partial charge in [0.25, 0.3) is 0 Å². The van der Waals surface area contributed by atoms with Crippen LogP contribution in [0.4, 0.5) is 0 Å². The normalized spacial score (nSPS) is 15.9.